The number of nitrogens with one attached hydrogen (secondary N) is 1. The van der Waals surface area contributed by atoms with Gasteiger partial charge < -0.3 is 5.32 Å². The lowest BCUT2D eigenvalue weighted by Gasteiger charge is -2.16. The van der Waals surface area contributed by atoms with Crippen molar-refractivity contribution in [2.24, 2.45) is 0 Å². The second-order valence-corrected chi connectivity index (χ2v) is 5.57. The fourth-order valence-corrected chi connectivity index (χ4v) is 2.64. The van der Waals surface area contributed by atoms with Crippen LogP contribution in [-0.4, -0.2) is 0 Å². The molecular weight excluding hydrogens is 273 g/mol. The molecule has 2 aromatic carbocycles. The van der Waals surface area contributed by atoms with Crippen LogP contribution in [0.25, 0.3) is 0 Å². The Bertz CT molecular complexity index is 587. The minimum atomic E-state index is -0.118. The van der Waals surface area contributed by atoms with Crippen LogP contribution >= 0.6 is 11.6 Å². The summed E-state index contributed by atoms with van der Waals surface area (Å²) in [6, 6.07) is 11.7. The molecular formula is C17H19ClFN. The maximum absolute atomic E-state index is 13.6. The van der Waals surface area contributed by atoms with E-state index in [2.05, 4.69) is 12.2 Å². The van der Waals surface area contributed by atoms with Crippen LogP contribution in [0.2, 0.25) is 5.02 Å². The van der Waals surface area contributed by atoms with Crippen molar-refractivity contribution < 1.29 is 4.39 Å². The monoisotopic (exact) mass is 291 g/mol. The fraction of sp³-hybridized carbons (Fsp3) is 0.294. The summed E-state index contributed by atoms with van der Waals surface area (Å²) in [5.41, 5.74) is 3.53. The zero-order valence-electron chi connectivity index (χ0n) is 12.0. The normalized spacial score (nSPS) is 12.4. The highest BCUT2D eigenvalue weighted by molar-refractivity contribution is 6.31. The number of benzene rings is 2. The van der Waals surface area contributed by atoms with E-state index in [1.165, 1.54) is 0 Å². The van der Waals surface area contributed by atoms with Gasteiger partial charge in [-0.25, -0.2) is 4.39 Å². The molecule has 0 saturated heterocycles. The topological polar surface area (TPSA) is 12.0 Å². The maximum atomic E-state index is 13.6. The zero-order valence-corrected chi connectivity index (χ0v) is 12.8. The molecule has 0 aliphatic rings. The van der Waals surface area contributed by atoms with E-state index < -0.39 is 0 Å². The lowest BCUT2D eigenvalue weighted by Crippen LogP contribution is -2.18. The Balaban J connectivity index is 2.07. The van der Waals surface area contributed by atoms with Gasteiger partial charge in [-0.1, -0.05) is 41.9 Å². The highest BCUT2D eigenvalue weighted by Gasteiger charge is 2.09. The Morgan fingerprint density at radius 1 is 1.15 bits per heavy atom. The smallest absolute Gasteiger partial charge is 0.129 e. The predicted molar refractivity (Wildman–Crippen MR) is 82.6 cm³/mol. The van der Waals surface area contributed by atoms with Gasteiger partial charge in [-0.05, 0) is 49.1 Å². The van der Waals surface area contributed by atoms with Gasteiger partial charge in [0.2, 0.25) is 0 Å². The van der Waals surface area contributed by atoms with Gasteiger partial charge in [0.25, 0.3) is 0 Å². The van der Waals surface area contributed by atoms with Gasteiger partial charge in [0, 0.05) is 17.6 Å². The molecule has 0 aliphatic carbocycles. The highest BCUT2D eigenvalue weighted by atomic mass is 35.5. The fourth-order valence-electron chi connectivity index (χ4n) is 2.34. The quantitative estimate of drug-likeness (QED) is 0.841. The van der Waals surface area contributed by atoms with E-state index >= 15 is 0 Å². The molecule has 0 fully saturated rings. The Kier molecular flexibility index (Phi) is 4.79. The van der Waals surface area contributed by atoms with E-state index in [0.717, 1.165) is 16.1 Å². The molecule has 1 N–H and O–H groups in total. The SMILES string of the molecule is Cc1cc(CNC(C)c2ccccc2Cl)cc(C)c1F. The summed E-state index contributed by atoms with van der Waals surface area (Å²) in [7, 11) is 0. The predicted octanol–water partition coefficient (Wildman–Crippen LogP) is 4.95. The number of aryl methyl sites for hydroxylation is 2. The molecule has 0 aliphatic heterocycles. The van der Waals surface area contributed by atoms with Crippen molar-refractivity contribution in [2.45, 2.75) is 33.4 Å². The van der Waals surface area contributed by atoms with Crippen LogP contribution in [0.15, 0.2) is 36.4 Å². The third kappa shape index (κ3) is 3.38. The molecule has 0 amide bonds. The van der Waals surface area contributed by atoms with Crippen molar-refractivity contribution in [3.8, 4) is 0 Å². The lowest BCUT2D eigenvalue weighted by molar-refractivity contribution is 0.570. The summed E-state index contributed by atoms with van der Waals surface area (Å²) in [5, 5.41) is 4.19. The van der Waals surface area contributed by atoms with Gasteiger partial charge in [-0.3, -0.25) is 0 Å². The van der Waals surface area contributed by atoms with Crippen LogP contribution in [0, 0.1) is 19.7 Å². The molecule has 2 rings (SSSR count). The van der Waals surface area contributed by atoms with E-state index in [1.54, 1.807) is 13.8 Å². The average Bonchev–Trinajstić information content (AvgIpc) is 2.42. The minimum Gasteiger partial charge on any atom is -0.306 e. The van der Waals surface area contributed by atoms with Crippen LogP contribution < -0.4 is 5.32 Å². The Hall–Kier alpha value is -1.38. The second-order valence-electron chi connectivity index (χ2n) is 5.17. The number of hydrogen-bond donors (Lipinski definition) is 1. The van der Waals surface area contributed by atoms with Crippen molar-refractivity contribution in [1.29, 1.82) is 0 Å². The molecule has 0 aromatic heterocycles. The van der Waals surface area contributed by atoms with E-state index in [1.807, 2.05) is 36.4 Å². The third-order valence-corrected chi connectivity index (χ3v) is 3.82. The number of halogens is 2. The molecule has 20 heavy (non-hydrogen) atoms. The summed E-state index contributed by atoms with van der Waals surface area (Å²) in [6.07, 6.45) is 0. The van der Waals surface area contributed by atoms with E-state index in [4.69, 9.17) is 11.6 Å². The summed E-state index contributed by atoms with van der Waals surface area (Å²) >= 11 is 6.18. The molecule has 1 unspecified atom stereocenters. The van der Waals surface area contributed by atoms with Crippen molar-refractivity contribution in [2.75, 3.05) is 0 Å². The van der Waals surface area contributed by atoms with Crippen LogP contribution in [-0.2, 0) is 6.54 Å². The van der Waals surface area contributed by atoms with Crippen LogP contribution in [0.1, 0.15) is 35.2 Å². The van der Waals surface area contributed by atoms with E-state index in [0.29, 0.717) is 17.7 Å². The first-order chi connectivity index (χ1) is 9.49. The first-order valence-corrected chi connectivity index (χ1v) is 7.10. The van der Waals surface area contributed by atoms with Gasteiger partial charge in [-0.15, -0.1) is 0 Å². The molecule has 0 spiro atoms. The molecule has 1 nitrogen and oxygen atoms in total. The number of hydrogen-bond acceptors (Lipinski definition) is 1. The molecule has 3 heteroatoms. The largest absolute Gasteiger partial charge is 0.306 e. The third-order valence-electron chi connectivity index (χ3n) is 3.48. The molecule has 1 atom stereocenters. The minimum absolute atomic E-state index is 0.118. The number of rotatable bonds is 4. The molecule has 0 saturated carbocycles. The summed E-state index contributed by atoms with van der Waals surface area (Å²) in [6.45, 7) is 6.35. The summed E-state index contributed by atoms with van der Waals surface area (Å²) < 4.78 is 13.6. The van der Waals surface area contributed by atoms with Crippen molar-refractivity contribution >= 4 is 11.6 Å². The van der Waals surface area contributed by atoms with Crippen LogP contribution in [0.3, 0.4) is 0 Å². The van der Waals surface area contributed by atoms with Crippen LogP contribution in [0.4, 0.5) is 4.39 Å². The average molecular weight is 292 g/mol. The molecule has 2 aromatic rings. The summed E-state index contributed by atoms with van der Waals surface area (Å²) in [5.74, 6) is -0.118. The van der Waals surface area contributed by atoms with Crippen molar-refractivity contribution in [3.63, 3.8) is 0 Å². The Labute approximate surface area is 124 Å². The highest BCUT2D eigenvalue weighted by Crippen LogP contribution is 2.23. The molecule has 0 bridgehead atoms. The van der Waals surface area contributed by atoms with Gasteiger partial charge in [0.1, 0.15) is 5.82 Å². The maximum Gasteiger partial charge on any atom is 0.129 e. The van der Waals surface area contributed by atoms with Crippen molar-refractivity contribution in [1.82, 2.24) is 5.32 Å². The zero-order chi connectivity index (χ0) is 14.7. The second kappa shape index (κ2) is 6.38. The molecule has 0 heterocycles. The van der Waals surface area contributed by atoms with Gasteiger partial charge >= 0.3 is 0 Å². The van der Waals surface area contributed by atoms with Gasteiger partial charge in [-0.2, -0.15) is 0 Å². The molecule has 0 radical (unpaired) electrons. The van der Waals surface area contributed by atoms with Gasteiger partial charge in [0.05, 0.1) is 0 Å². The summed E-state index contributed by atoms with van der Waals surface area (Å²) in [4.78, 5) is 0. The van der Waals surface area contributed by atoms with Crippen LogP contribution in [0.5, 0.6) is 0 Å². The molecule has 106 valence electrons. The Morgan fingerprint density at radius 2 is 1.75 bits per heavy atom. The van der Waals surface area contributed by atoms with E-state index in [-0.39, 0.29) is 11.9 Å². The van der Waals surface area contributed by atoms with E-state index in [9.17, 15) is 4.39 Å². The van der Waals surface area contributed by atoms with Crippen molar-refractivity contribution in [3.05, 3.63) is 69.5 Å². The first-order valence-electron chi connectivity index (χ1n) is 6.72. The lowest BCUT2D eigenvalue weighted by atomic mass is 10.0. The standard InChI is InChI=1S/C17H19ClFN/c1-11-8-14(9-12(2)17(11)19)10-20-13(3)15-6-4-5-7-16(15)18/h4-9,13,20H,10H2,1-3H3. The van der Waals surface area contributed by atoms with Gasteiger partial charge in [0.15, 0.2) is 0 Å². The first kappa shape index (κ1) is 15.0. The Morgan fingerprint density at radius 3 is 2.35 bits per heavy atom.